The van der Waals surface area contributed by atoms with Crippen LogP contribution in [0.4, 0.5) is 10.2 Å². The number of halogens is 2. The molecule has 2 aromatic rings. The van der Waals surface area contributed by atoms with Crippen LogP contribution in [0.25, 0.3) is 11.3 Å². The topological polar surface area (TPSA) is 67.3 Å². The Morgan fingerprint density at radius 3 is 2.94 bits per heavy atom. The van der Waals surface area contributed by atoms with E-state index in [1.54, 1.807) is 6.20 Å². The minimum absolute atomic E-state index is 0.0675. The Bertz CT molecular complexity index is 936. The van der Waals surface area contributed by atoms with Gasteiger partial charge < -0.3 is 15.0 Å². The second-order valence-electron chi connectivity index (χ2n) is 8.97. The SMILES string of the molecule is O=C(Cc1cc(-c2cccc(NCC3CCOCC3)n2)c(Cl)cn1)[C@@H]1CCCN(CCF)C1. The molecular formula is C25H32ClFN4O2. The molecule has 0 saturated carbocycles. The van der Waals surface area contributed by atoms with E-state index in [9.17, 15) is 9.18 Å². The number of piperidine rings is 1. The molecule has 8 heteroatoms. The van der Waals surface area contributed by atoms with Crippen LogP contribution in [-0.2, 0) is 16.0 Å². The van der Waals surface area contributed by atoms with Gasteiger partial charge in [-0.15, -0.1) is 0 Å². The number of Topliss-reactive ketones (excluding diaryl/α,β-unsaturated/α-hetero) is 1. The van der Waals surface area contributed by atoms with Crippen molar-refractivity contribution in [3.63, 3.8) is 0 Å². The lowest BCUT2D eigenvalue weighted by Gasteiger charge is -2.31. The van der Waals surface area contributed by atoms with E-state index in [0.717, 1.165) is 69.1 Å². The summed E-state index contributed by atoms with van der Waals surface area (Å²) < 4.78 is 18.1. The molecule has 4 rings (SSSR count). The molecule has 2 saturated heterocycles. The van der Waals surface area contributed by atoms with Crippen LogP contribution in [0.15, 0.2) is 30.5 Å². The molecule has 1 N–H and O–H groups in total. The van der Waals surface area contributed by atoms with Crippen LogP contribution in [0.2, 0.25) is 5.02 Å². The summed E-state index contributed by atoms with van der Waals surface area (Å²) in [5.41, 5.74) is 2.20. The molecular weight excluding hydrogens is 443 g/mol. The van der Waals surface area contributed by atoms with E-state index < -0.39 is 0 Å². The van der Waals surface area contributed by atoms with Crippen molar-refractivity contribution in [2.75, 3.05) is 51.4 Å². The van der Waals surface area contributed by atoms with Gasteiger partial charge in [0.25, 0.3) is 0 Å². The predicted octanol–water partition coefficient (Wildman–Crippen LogP) is 4.43. The van der Waals surface area contributed by atoms with Crippen molar-refractivity contribution < 1.29 is 13.9 Å². The Hall–Kier alpha value is -2.09. The zero-order valence-electron chi connectivity index (χ0n) is 18.9. The molecule has 2 aliphatic rings. The number of ether oxygens (including phenoxy) is 1. The van der Waals surface area contributed by atoms with Gasteiger partial charge in [-0.05, 0) is 56.3 Å². The van der Waals surface area contributed by atoms with E-state index in [0.29, 0.717) is 29.7 Å². The largest absolute Gasteiger partial charge is 0.381 e. The standard InChI is InChI=1S/C25H32ClFN4O2/c26-22-16-28-20(14-24(32)19-3-2-9-31(17-19)10-8-27)13-21(22)23-4-1-5-25(30-23)29-15-18-6-11-33-12-7-18/h1,4-5,13,16,18-19H,2-3,6-12,14-15,17H2,(H,29,30)/t19-/m1/s1. The zero-order valence-corrected chi connectivity index (χ0v) is 19.7. The highest BCUT2D eigenvalue weighted by atomic mass is 35.5. The molecule has 0 radical (unpaired) electrons. The predicted molar refractivity (Wildman–Crippen MR) is 128 cm³/mol. The first-order valence-electron chi connectivity index (χ1n) is 11.9. The average Bonchev–Trinajstić information content (AvgIpc) is 2.85. The molecule has 0 aliphatic carbocycles. The lowest BCUT2D eigenvalue weighted by Crippen LogP contribution is -2.40. The number of nitrogens with zero attached hydrogens (tertiary/aromatic N) is 3. The molecule has 2 fully saturated rings. The number of rotatable bonds is 9. The molecule has 6 nitrogen and oxygen atoms in total. The molecule has 178 valence electrons. The Balaban J connectivity index is 1.42. The number of carbonyl (C=O) groups excluding carboxylic acids is 1. The summed E-state index contributed by atoms with van der Waals surface area (Å²) >= 11 is 6.46. The smallest absolute Gasteiger partial charge is 0.143 e. The highest BCUT2D eigenvalue weighted by Crippen LogP contribution is 2.28. The molecule has 0 bridgehead atoms. The van der Waals surface area contributed by atoms with Gasteiger partial charge in [-0.2, -0.15) is 0 Å². The van der Waals surface area contributed by atoms with E-state index in [4.69, 9.17) is 21.3 Å². The Morgan fingerprint density at radius 1 is 1.27 bits per heavy atom. The molecule has 0 aromatic carbocycles. The number of nitrogens with one attached hydrogen (secondary N) is 1. The van der Waals surface area contributed by atoms with E-state index in [-0.39, 0.29) is 24.8 Å². The Labute approximate surface area is 199 Å². The second-order valence-corrected chi connectivity index (χ2v) is 9.38. The summed E-state index contributed by atoms with van der Waals surface area (Å²) in [6.45, 7) is 4.03. The summed E-state index contributed by atoms with van der Waals surface area (Å²) in [5.74, 6) is 1.48. The fourth-order valence-electron chi connectivity index (χ4n) is 4.62. The van der Waals surface area contributed by atoms with Crippen LogP contribution >= 0.6 is 11.6 Å². The molecule has 1 atom stereocenters. The van der Waals surface area contributed by atoms with Gasteiger partial charge in [0.2, 0.25) is 0 Å². The monoisotopic (exact) mass is 474 g/mol. The molecule has 33 heavy (non-hydrogen) atoms. The molecule has 4 heterocycles. The second kappa shape index (κ2) is 11.9. The van der Waals surface area contributed by atoms with Gasteiger partial charge >= 0.3 is 0 Å². The van der Waals surface area contributed by atoms with E-state index in [1.807, 2.05) is 29.2 Å². The van der Waals surface area contributed by atoms with Crippen molar-refractivity contribution >= 4 is 23.2 Å². The van der Waals surface area contributed by atoms with Gasteiger partial charge in [-0.25, -0.2) is 9.37 Å². The number of pyridine rings is 2. The van der Waals surface area contributed by atoms with Crippen LogP contribution in [0.1, 0.15) is 31.4 Å². The third-order valence-corrected chi connectivity index (χ3v) is 6.87. The van der Waals surface area contributed by atoms with Gasteiger partial charge in [0.05, 0.1) is 10.7 Å². The van der Waals surface area contributed by atoms with Gasteiger partial charge in [0.15, 0.2) is 0 Å². The van der Waals surface area contributed by atoms with Crippen molar-refractivity contribution in [3.05, 3.63) is 41.2 Å². The number of likely N-dealkylation sites (tertiary alicyclic amines) is 1. The van der Waals surface area contributed by atoms with Crippen LogP contribution in [-0.4, -0.2) is 66.7 Å². The van der Waals surface area contributed by atoms with E-state index in [1.165, 1.54) is 0 Å². The van der Waals surface area contributed by atoms with Crippen molar-refractivity contribution in [2.24, 2.45) is 11.8 Å². The van der Waals surface area contributed by atoms with Crippen LogP contribution in [0, 0.1) is 11.8 Å². The first-order valence-corrected chi connectivity index (χ1v) is 12.2. The molecule has 0 unspecified atom stereocenters. The molecule has 0 spiro atoms. The maximum absolute atomic E-state index is 12.9. The van der Waals surface area contributed by atoms with Gasteiger partial charge in [0.1, 0.15) is 18.3 Å². The first-order chi connectivity index (χ1) is 16.1. The molecule has 2 aliphatic heterocycles. The number of anilines is 1. The van der Waals surface area contributed by atoms with Crippen molar-refractivity contribution in [1.82, 2.24) is 14.9 Å². The minimum atomic E-state index is -0.376. The fraction of sp³-hybridized carbons (Fsp3) is 0.560. The number of hydrogen-bond acceptors (Lipinski definition) is 6. The first kappa shape index (κ1) is 24.0. The third-order valence-electron chi connectivity index (χ3n) is 6.57. The summed E-state index contributed by atoms with van der Waals surface area (Å²) in [4.78, 5) is 24.1. The van der Waals surface area contributed by atoms with Crippen LogP contribution in [0.3, 0.4) is 0 Å². The maximum atomic E-state index is 12.9. The van der Waals surface area contributed by atoms with Crippen molar-refractivity contribution in [1.29, 1.82) is 0 Å². The lowest BCUT2D eigenvalue weighted by molar-refractivity contribution is -0.123. The van der Waals surface area contributed by atoms with Crippen molar-refractivity contribution in [3.8, 4) is 11.3 Å². The normalized spacial score (nSPS) is 20.0. The third kappa shape index (κ3) is 6.71. The Morgan fingerprint density at radius 2 is 2.12 bits per heavy atom. The van der Waals surface area contributed by atoms with Gasteiger partial charge in [0, 0.05) is 62.6 Å². The summed E-state index contributed by atoms with van der Waals surface area (Å²) in [5, 5.41) is 3.94. The average molecular weight is 475 g/mol. The van der Waals surface area contributed by atoms with Gasteiger partial charge in [-0.1, -0.05) is 17.7 Å². The van der Waals surface area contributed by atoms with Crippen LogP contribution in [0.5, 0.6) is 0 Å². The summed E-state index contributed by atoms with van der Waals surface area (Å²) in [6.07, 6.45) is 5.75. The quantitative estimate of drug-likeness (QED) is 0.580. The molecule has 0 amide bonds. The lowest BCUT2D eigenvalue weighted by atomic mass is 9.91. The number of ketones is 1. The van der Waals surface area contributed by atoms with E-state index >= 15 is 0 Å². The summed E-state index contributed by atoms with van der Waals surface area (Å²) in [6, 6.07) is 7.70. The van der Waals surface area contributed by atoms with Crippen molar-refractivity contribution in [2.45, 2.75) is 32.1 Å². The minimum Gasteiger partial charge on any atom is -0.381 e. The number of alkyl halides is 1. The van der Waals surface area contributed by atoms with Crippen LogP contribution < -0.4 is 5.32 Å². The maximum Gasteiger partial charge on any atom is 0.143 e. The molecule has 2 aromatic heterocycles. The highest BCUT2D eigenvalue weighted by molar-refractivity contribution is 6.33. The number of aromatic nitrogens is 2. The zero-order chi connectivity index (χ0) is 23.0. The van der Waals surface area contributed by atoms with E-state index in [2.05, 4.69) is 10.3 Å². The van der Waals surface area contributed by atoms with Gasteiger partial charge in [-0.3, -0.25) is 9.78 Å². The number of hydrogen-bond donors (Lipinski definition) is 1. The number of carbonyl (C=O) groups is 1. The Kier molecular flexibility index (Phi) is 8.64. The highest BCUT2D eigenvalue weighted by Gasteiger charge is 2.26. The fourth-order valence-corrected chi connectivity index (χ4v) is 4.82. The summed E-state index contributed by atoms with van der Waals surface area (Å²) in [7, 11) is 0.